The Bertz CT molecular complexity index is 654. The van der Waals surface area contributed by atoms with Crippen molar-refractivity contribution in [2.24, 2.45) is 0 Å². The van der Waals surface area contributed by atoms with Crippen molar-refractivity contribution in [2.75, 3.05) is 6.61 Å². The minimum absolute atomic E-state index is 0.268. The first-order valence-corrected chi connectivity index (χ1v) is 8.29. The van der Waals surface area contributed by atoms with E-state index in [9.17, 15) is 9.18 Å². The summed E-state index contributed by atoms with van der Waals surface area (Å²) in [6.07, 6.45) is 4.53. The van der Waals surface area contributed by atoms with E-state index in [-0.39, 0.29) is 18.0 Å². The second-order valence-corrected chi connectivity index (χ2v) is 6.38. The Morgan fingerprint density at radius 3 is 2.96 bits per heavy atom. The molecule has 1 aliphatic rings. The van der Waals surface area contributed by atoms with E-state index < -0.39 is 0 Å². The fourth-order valence-electron chi connectivity index (χ4n) is 2.25. The lowest BCUT2D eigenvalue weighted by Gasteiger charge is -2.21. The molecule has 2 aromatic rings. The summed E-state index contributed by atoms with van der Waals surface area (Å²) in [4.78, 5) is 22.0. The van der Waals surface area contributed by atoms with Crippen LogP contribution < -0.4 is 5.48 Å². The van der Waals surface area contributed by atoms with Crippen LogP contribution in [0.25, 0.3) is 0 Å². The SMILES string of the molecule is O=C(NO[C@H]1CCCCO1)c1cnc(Cc2ccc(F)cc2)s1. The van der Waals surface area contributed by atoms with Gasteiger partial charge in [-0.15, -0.1) is 11.3 Å². The number of nitrogens with zero attached hydrogens (tertiary/aromatic N) is 1. The number of halogens is 1. The molecule has 0 spiro atoms. The van der Waals surface area contributed by atoms with Crippen LogP contribution in [0, 0.1) is 5.82 Å². The van der Waals surface area contributed by atoms with Crippen LogP contribution in [-0.4, -0.2) is 23.8 Å². The molecule has 0 radical (unpaired) electrons. The summed E-state index contributed by atoms with van der Waals surface area (Å²) >= 11 is 1.29. The van der Waals surface area contributed by atoms with Crippen LogP contribution in [0.1, 0.15) is 39.5 Å². The first-order valence-electron chi connectivity index (χ1n) is 7.47. The minimum atomic E-state index is -0.376. The third-order valence-corrected chi connectivity index (χ3v) is 4.46. The highest BCUT2D eigenvalue weighted by molar-refractivity contribution is 7.13. The van der Waals surface area contributed by atoms with Crippen LogP contribution in [0.5, 0.6) is 0 Å². The maximum atomic E-state index is 12.9. The Kier molecular flexibility index (Phi) is 5.32. The van der Waals surface area contributed by atoms with E-state index in [0.717, 1.165) is 29.8 Å². The van der Waals surface area contributed by atoms with E-state index in [0.29, 0.717) is 17.9 Å². The van der Waals surface area contributed by atoms with Gasteiger partial charge in [0.05, 0.1) is 11.2 Å². The molecule has 5 nitrogen and oxygen atoms in total. The molecule has 1 aliphatic heterocycles. The fraction of sp³-hybridized carbons (Fsp3) is 0.375. The van der Waals surface area contributed by atoms with Gasteiger partial charge in [0.2, 0.25) is 0 Å². The number of hydrogen-bond donors (Lipinski definition) is 1. The highest BCUT2D eigenvalue weighted by Gasteiger charge is 2.17. The van der Waals surface area contributed by atoms with E-state index in [4.69, 9.17) is 9.57 Å². The predicted molar refractivity (Wildman–Crippen MR) is 83.5 cm³/mol. The molecular weight excluding hydrogens is 319 g/mol. The van der Waals surface area contributed by atoms with Crippen molar-refractivity contribution < 1.29 is 18.8 Å². The van der Waals surface area contributed by atoms with Crippen molar-refractivity contribution in [1.82, 2.24) is 10.5 Å². The van der Waals surface area contributed by atoms with Crippen LogP contribution in [0.4, 0.5) is 4.39 Å². The van der Waals surface area contributed by atoms with Crippen molar-refractivity contribution in [3.63, 3.8) is 0 Å². The molecule has 7 heteroatoms. The summed E-state index contributed by atoms with van der Waals surface area (Å²) in [5.74, 6) is -0.600. The molecule has 0 saturated carbocycles. The average Bonchev–Trinajstić information content (AvgIpc) is 3.04. The van der Waals surface area contributed by atoms with Gasteiger partial charge in [-0.3, -0.25) is 4.79 Å². The van der Waals surface area contributed by atoms with E-state index in [1.54, 1.807) is 12.1 Å². The Labute approximate surface area is 137 Å². The number of hydrogen-bond acceptors (Lipinski definition) is 5. The minimum Gasteiger partial charge on any atom is -0.350 e. The molecule has 1 aromatic heterocycles. The molecule has 1 fully saturated rings. The first kappa shape index (κ1) is 16.0. The van der Waals surface area contributed by atoms with E-state index in [1.165, 1.54) is 29.7 Å². The number of benzene rings is 1. The van der Waals surface area contributed by atoms with Gasteiger partial charge in [-0.25, -0.2) is 19.7 Å². The van der Waals surface area contributed by atoms with Gasteiger partial charge in [-0.05, 0) is 30.5 Å². The van der Waals surface area contributed by atoms with Crippen molar-refractivity contribution in [3.05, 3.63) is 51.7 Å². The quantitative estimate of drug-likeness (QED) is 0.853. The lowest BCUT2D eigenvalue weighted by molar-refractivity contribution is -0.186. The number of carbonyl (C=O) groups is 1. The van der Waals surface area contributed by atoms with E-state index in [2.05, 4.69) is 10.5 Å². The second kappa shape index (κ2) is 7.63. The van der Waals surface area contributed by atoms with Gasteiger partial charge >= 0.3 is 0 Å². The lowest BCUT2D eigenvalue weighted by atomic mass is 10.2. The molecule has 1 saturated heterocycles. The Morgan fingerprint density at radius 1 is 1.39 bits per heavy atom. The average molecular weight is 336 g/mol. The lowest BCUT2D eigenvalue weighted by Crippen LogP contribution is -2.32. The molecule has 0 unspecified atom stereocenters. The summed E-state index contributed by atoms with van der Waals surface area (Å²) in [7, 11) is 0. The summed E-state index contributed by atoms with van der Waals surface area (Å²) in [6, 6.07) is 6.24. The van der Waals surface area contributed by atoms with Gasteiger partial charge in [-0.2, -0.15) is 0 Å². The van der Waals surface area contributed by atoms with Crippen molar-refractivity contribution in [1.29, 1.82) is 0 Å². The van der Waals surface area contributed by atoms with Crippen LogP contribution >= 0.6 is 11.3 Å². The maximum absolute atomic E-state index is 12.9. The number of hydroxylamine groups is 1. The van der Waals surface area contributed by atoms with Gasteiger partial charge < -0.3 is 4.74 Å². The Morgan fingerprint density at radius 2 is 2.22 bits per heavy atom. The highest BCUT2D eigenvalue weighted by atomic mass is 32.1. The van der Waals surface area contributed by atoms with Gasteiger partial charge in [-0.1, -0.05) is 12.1 Å². The number of ether oxygens (including phenoxy) is 1. The summed E-state index contributed by atoms with van der Waals surface area (Å²) < 4.78 is 18.3. The van der Waals surface area contributed by atoms with Gasteiger partial charge in [0.25, 0.3) is 5.91 Å². The third kappa shape index (κ3) is 4.57. The molecule has 2 heterocycles. The number of aromatic nitrogens is 1. The normalized spacial score (nSPS) is 17.9. The van der Waals surface area contributed by atoms with E-state index in [1.807, 2.05) is 0 Å². The van der Waals surface area contributed by atoms with Crippen LogP contribution in [0.2, 0.25) is 0 Å². The standard InChI is InChI=1S/C16H17FN2O3S/c17-12-6-4-11(5-7-12)9-14-18-10-13(23-14)16(20)19-22-15-3-1-2-8-21-15/h4-7,10,15H,1-3,8-9H2,(H,19,20)/t15-/m0/s1. The summed E-state index contributed by atoms with van der Waals surface area (Å²) in [5, 5.41) is 0.788. The number of rotatable bonds is 5. The van der Waals surface area contributed by atoms with Crippen LogP contribution in [0.15, 0.2) is 30.5 Å². The molecule has 1 N–H and O–H groups in total. The third-order valence-electron chi connectivity index (χ3n) is 3.47. The smallest absolute Gasteiger partial charge is 0.286 e. The first-order chi connectivity index (χ1) is 11.2. The van der Waals surface area contributed by atoms with Crippen LogP contribution in [-0.2, 0) is 16.0 Å². The van der Waals surface area contributed by atoms with Gasteiger partial charge in [0, 0.05) is 19.4 Å². The molecule has 1 aromatic carbocycles. The molecule has 3 rings (SSSR count). The Balaban J connectivity index is 1.53. The number of amides is 1. The largest absolute Gasteiger partial charge is 0.350 e. The zero-order chi connectivity index (χ0) is 16.1. The van der Waals surface area contributed by atoms with Crippen molar-refractivity contribution in [2.45, 2.75) is 32.0 Å². The predicted octanol–water partition coefficient (Wildman–Crippen LogP) is 3.06. The highest BCUT2D eigenvalue weighted by Crippen LogP contribution is 2.18. The zero-order valence-electron chi connectivity index (χ0n) is 12.5. The summed E-state index contributed by atoms with van der Waals surface area (Å²) in [5.41, 5.74) is 3.35. The molecule has 122 valence electrons. The second-order valence-electron chi connectivity index (χ2n) is 5.27. The molecule has 23 heavy (non-hydrogen) atoms. The monoisotopic (exact) mass is 336 g/mol. The summed E-state index contributed by atoms with van der Waals surface area (Å²) in [6.45, 7) is 0.656. The van der Waals surface area contributed by atoms with Crippen molar-refractivity contribution in [3.8, 4) is 0 Å². The molecule has 0 aliphatic carbocycles. The van der Waals surface area contributed by atoms with Crippen LogP contribution in [0.3, 0.4) is 0 Å². The number of thiazole rings is 1. The number of nitrogens with one attached hydrogen (secondary N) is 1. The maximum Gasteiger partial charge on any atom is 0.286 e. The van der Waals surface area contributed by atoms with Gasteiger partial charge in [0.1, 0.15) is 10.7 Å². The molecule has 0 bridgehead atoms. The Hall–Kier alpha value is -1.83. The fourth-order valence-corrected chi connectivity index (χ4v) is 3.09. The topological polar surface area (TPSA) is 60.5 Å². The molecular formula is C16H17FN2O3S. The van der Waals surface area contributed by atoms with Crippen molar-refractivity contribution >= 4 is 17.2 Å². The number of carbonyl (C=O) groups excluding carboxylic acids is 1. The van der Waals surface area contributed by atoms with E-state index >= 15 is 0 Å². The zero-order valence-corrected chi connectivity index (χ0v) is 13.3. The molecule has 1 amide bonds. The molecule has 1 atom stereocenters. The van der Waals surface area contributed by atoms with Gasteiger partial charge in [0.15, 0.2) is 6.29 Å².